The second kappa shape index (κ2) is 6.22. The fourth-order valence-electron chi connectivity index (χ4n) is 4.13. The van der Waals surface area contributed by atoms with Crippen molar-refractivity contribution >= 4 is 0 Å². The van der Waals surface area contributed by atoms with Crippen LogP contribution in [0.3, 0.4) is 0 Å². The van der Waals surface area contributed by atoms with E-state index >= 15 is 0 Å². The monoisotopic (exact) mass is 292 g/mol. The summed E-state index contributed by atoms with van der Waals surface area (Å²) in [6, 6.07) is 0. The molecule has 0 radical (unpaired) electrons. The Morgan fingerprint density at radius 2 is 2.05 bits per heavy atom. The Morgan fingerprint density at radius 3 is 2.65 bits per heavy atom. The summed E-state index contributed by atoms with van der Waals surface area (Å²) in [4.78, 5) is 2.28. The van der Waals surface area contributed by atoms with Gasteiger partial charge in [0.05, 0.1) is 5.92 Å². The third-order valence-electron chi connectivity index (χ3n) is 5.32. The minimum absolute atomic E-state index is 0.200. The minimum atomic E-state index is -4.07. The predicted molar refractivity (Wildman–Crippen MR) is 74.4 cm³/mol. The molecule has 1 aliphatic heterocycles. The lowest BCUT2D eigenvalue weighted by Crippen LogP contribution is -2.56. The molecule has 0 aromatic heterocycles. The Bertz CT molecular complexity index is 319. The highest BCUT2D eigenvalue weighted by Gasteiger charge is 2.50. The van der Waals surface area contributed by atoms with Crippen molar-refractivity contribution < 1.29 is 13.2 Å². The van der Waals surface area contributed by atoms with E-state index in [-0.39, 0.29) is 12.8 Å². The number of nitrogens with zero attached hydrogens (tertiary/aromatic N) is 1. The first-order valence-electron chi connectivity index (χ1n) is 7.93. The van der Waals surface area contributed by atoms with Crippen molar-refractivity contribution in [3.05, 3.63) is 0 Å². The normalized spacial score (nSPS) is 36.5. The van der Waals surface area contributed by atoms with Gasteiger partial charge in [0.1, 0.15) is 0 Å². The zero-order valence-corrected chi connectivity index (χ0v) is 12.4. The SMILES string of the molecule is CCCC1CCN(C2(CN)CCCC(C(F)(F)F)C2)C1. The predicted octanol–water partition coefficient (Wildman–Crippen LogP) is 3.56. The zero-order valence-electron chi connectivity index (χ0n) is 12.4. The zero-order chi connectivity index (χ0) is 14.8. The molecule has 0 aromatic carbocycles. The topological polar surface area (TPSA) is 29.3 Å². The number of hydrogen-bond donors (Lipinski definition) is 1. The molecular weight excluding hydrogens is 265 g/mol. The van der Waals surface area contributed by atoms with Gasteiger partial charge in [-0.15, -0.1) is 0 Å². The Kier molecular flexibility index (Phi) is 5.00. The highest BCUT2D eigenvalue weighted by molar-refractivity contribution is 5.00. The number of likely N-dealkylation sites (tertiary alicyclic amines) is 1. The van der Waals surface area contributed by atoms with E-state index in [4.69, 9.17) is 5.73 Å². The van der Waals surface area contributed by atoms with Crippen molar-refractivity contribution in [3.63, 3.8) is 0 Å². The lowest BCUT2D eigenvalue weighted by atomic mass is 9.74. The maximum atomic E-state index is 13.0. The molecule has 1 aliphatic carbocycles. The Hall–Kier alpha value is -0.290. The van der Waals surface area contributed by atoms with Crippen molar-refractivity contribution in [2.75, 3.05) is 19.6 Å². The molecule has 5 heteroatoms. The summed E-state index contributed by atoms with van der Waals surface area (Å²) in [5.74, 6) is -0.514. The Labute approximate surface area is 119 Å². The summed E-state index contributed by atoms with van der Waals surface area (Å²) in [5.41, 5.74) is 5.53. The molecular formula is C15H27F3N2. The molecule has 0 spiro atoms. The number of rotatable bonds is 4. The van der Waals surface area contributed by atoms with Gasteiger partial charge in [0, 0.05) is 18.6 Å². The van der Waals surface area contributed by atoms with Crippen LogP contribution < -0.4 is 5.73 Å². The fourth-order valence-corrected chi connectivity index (χ4v) is 4.13. The first-order chi connectivity index (χ1) is 9.41. The third-order valence-corrected chi connectivity index (χ3v) is 5.32. The van der Waals surface area contributed by atoms with Gasteiger partial charge in [-0.1, -0.05) is 19.8 Å². The first-order valence-corrected chi connectivity index (χ1v) is 7.93. The van der Waals surface area contributed by atoms with Crippen molar-refractivity contribution in [1.82, 2.24) is 4.90 Å². The number of hydrogen-bond acceptors (Lipinski definition) is 2. The molecule has 2 N–H and O–H groups in total. The molecule has 2 nitrogen and oxygen atoms in total. The molecule has 2 fully saturated rings. The van der Waals surface area contributed by atoms with Crippen LogP contribution in [0, 0.1) is 11.8 Å². The van der Waals surface area contributed by atoms with E-state index in [2.05, 4.69) is 11.8 Å². The van der Waals surface area contributed by atoms with Gasteiger partial charge < -0.3 is 5.73 Å². The van der Waals surface area contributed by atoms with Gasteiger partial charge in [0.25, 0.3) is 0 Å². The van der Waals surface area contributed by atoms with Crippen LogP contribution in [0.15, 0.2) is 0 Å². The molecule has 1 heterocycles. The van der Waals surface area contributed by atoms with Crippen LogP contribution in [0.4, 0.5) is 13.2 Å². The van der Waals surface area contributed by atoms with E-state index < -0.39 is 17.6 Å². The molecule has 0 bridgehead atoms. The summed E-state index contributed by atoms with van der Waals surface area (Å²) in [6.07, 6.45) is 1.34. The Morgan fingerprint density at radius 1 is 1.30 bits per heavy atom. The van der Waals surface area contributed by atoms with Gasteiger partial charge in [0.2, 0.25) is 0 Å². The van der Waals surface area contributed by atoms with E-state index in [9.17, 15) is 13.2 Å². The average Bonchev–Trinajstić information content (AvgIpc) is 2.87. The minimum Gasteiger partial charge on any atom is -0.329 e. The van der Waals surface area contributed by atoms with E-state index in [1.54, 1.807) is 0 Å². The summed E-state index contributed by atoms with van der Waals surface area (Å²) in [6.45, 7) is 4.39. The first kappa shape index (κ1) is 16.1. The molecule has 20 heavy (non-hydrogen) atoms. The van der Waals surface area contributed by atoms with Gasteiger partial charge in [-0.2, -0.15) is 13.2 Å². The quantitative estimate of drug-likeness (QED) is 0.858. The van der Waals surface area contributed by atoms with Gasteiger partial charge in [-0.05, 0) is 44.6 Å². The van der Waals surface area contributed by atoms with Crippen LogP contribution >= 0.6 is 0 Å². The summed E-state index contributed by atoms with van der Waals surface area (Å²) in [5, 5.41) is 0. The standard InChI is InChI=1S/C15H27F3N2/c1-2-4-12-6-8-20(10-12)14(11-19)7-3-5-13(9-14)15(16,17)18/h12-13H,2-11,19H2,1H3. The molecule has 0 amide bonds. The van der Waals surface area contributed by atoms with E-state index in [0.29, 0.717) is 18.9 Å². The highest BCUT2D eigenvalue weighted by Crippen LogP contribution is 2.45. The average molecular weight is 292 g/mol. The van der Waals surface area contributed by atoms with Crippen molar-refractivity contribution in [2.24, 2.45) is 17.6 Å². The van der Waals surface area contributed by atoms with Crippen molar-refractivity contribution in [3.8, 4) is 0 Å². The third kappa shape index (κ3) is 3.30. The van der Waals surface area contributed by atoms with Crippen molar-refractivity contribution in [2.45, 2.75) is 63.6 Å². The van der Waals surface area contributed by atoms with Gasteiger partial charge in [0.15, 0.2) is 0 Å². The molecule has 0 aromatic rings. The molecule has 3 atom stereocenters. The van der Waals surface area contributed by atoms with Crippen LogP contribution in [0.1, 0.15) is 51.9 Å². The van der Waals surface area contributed by atoms with E-state index in [1.165, 1.54) is 6.42 Å². The lowest BCUT2D eigenvalue weighted by molar-refractivity contribution is -0.193. The van der Waals surface area contributed by atoms with Crippen LogP contribution in [-0.2, 0) is 0 Å². The maximum absolute atomic E-state index is 13.0. The van der Waals surface area contributed by atoms with Crippen LogP contribution in [0.2, 0.25) is 0 Å². The fraction of sp³-hybridized carbons (Fsp3) is 1.00. The maximum Gasteiger partial charge on any atom is 0.391 e. The molecule has 2 rings (SSSR count). The lowest BCUT2D eigenvalue weighted by Gasteiger charge is -2.47. The second-order valence-electron chi connectivity index (χ2n) is 6.65. The van der Waals surface area contributed by atoms with Gasteiger partial charge in [-0.3, -0.25) is 4.90 Å². The van der Waals surface area contributed by atoms with Crippen LogP contribution in [-0.4, -0.2) is 36.2 Å². The van der Waals surface area contributed by atoms with Gasteiger partial charge in [-0.25, -0.2) is 0 Å². The molecule has 2 aliphatic rings. The smallest absolute Gasteiger partial charge is 0.329 e. The summed E-state index contributed by atoms with van der Waals surface area (Å²) in [7, 11) is 0. The summed E-state index contributed by atoms with van der Waals surface area (Å²) >= 11 is 0. The largest absolute Gasteiger partial charge is 0.391 e. The highest BCUT2D eigenvalue weighted by atomic mass is 19.4. The second-order valence-corrected chi connectivity index (χ2v) is 6.65. The number of nitrogens with two attached hydrogens (primary N) is 1. The number of alkyl halides is 3. The Balaban J connectivity index is 2.06. The van der Waals surface area contributed by atoms with Crippen LogP contribution in [0.5, 0.6) is 0 Å². The van der Waals surface area contributed by atoms with E-state index in [0.717, 1.165) is 32.4 Å². The van der Waals surface area contributed by atoms with Crippen LogP contribution in [0.25, 0.3) is 0 Å². The molecule has 3 unspecified atom stereocenters. The van der Waals surface area contributed by atoms with Crippen molar-refractivity contribution in [1.29, 1.82) is 0 Å². The van der Waals surface area contributed by atoms with E-state index in [1.807, 2.05) is 0 Å². The summed E-state index contributed by atoms with van der Waals surface area (Å²) < 4.78 is 39.1. The molecule has 1 saturated heterocycles. The van der Waals surface area contributed by atoms with Gasteiger partial charge >= 0.3 is 6.18 Å². The number of halogens is 3. The molecule has 1 saturated carbocycles. The molecule has 118 valence electrons.